The highest BCUT2D eigenvalue weighted by Gasteiger charge is 2.53. The molecule has 3 heterocycles. The van der Waals surface area contributed by atoms with Gasteiger partial charge in [-0.3, -0.25) is 14.5 Å². The first-order chi connectivity index (χ1) is 14.4. The van der Waals surface area contributed by atoms with E-state index in [2.05, 4.69) is 5.32 Å². The topological polar surface area (TPSA) is 102 Å². The number of rotatable bonds is 3. The molecule has 2 unspecified atom stereocenters. The van der Waals surface area contributed by atoms with Crippen LogP contribution in [0, 0.1) is 0 Å². The average molecular weight is 439 g/mol. The largest absolute Gasteiger partial charge is 0.444 e. The number of aliphatic hydroxyl groups excluding tert-OH is 1. The highest BCUT2D eigenvalue weighted by atomic mass is 16.6. The number of aliphatic hydroxyl groups is 1. The Bertz CT molecular complexity index is 701. The van der Waals surface area contributed by atoms with Crippen molar-refractivity contribution in [1.82, 2.24) is 20.0 Å². The second-order valence-corrected chi connectivity index (χ2v) is 10.3. The molecule has 9 heteroatoms. The first-order valence-electron chi connectivity index (χ1n) is 11.4. The summed E-state index contributed by atoms with van der Waals surface area (Å²) in [4.78, 5) is 44.4. The number of hydrogen-bond donors (Lipinski definition) is 2. The van der Waals surface area contributed by atoms with Crippen molar-refractivity contribution in [3.8, 4) is 0 Å². The standard InChI is InChI=1S/C22H38N4O5/c1-15-8-9-22(26(15)20(30)31-21(3,4)5)13-23-12-17(28)25(14-22)18(16(2)27)19(29)24-10-6-7-11-24/h15-16,18,23,27H,6-14H2,1-5H3/t15?,16-,18+,22?/m1/s1. The molecule has 31 heavy (non-hydrogen) atoms. The fourth-order valence-electron chi connectivity index (χ4n) is 5.15. The monoisotopic (exact) mass is 438 g/mol. The van der Waals surface area contributed by atoms with E-state index in [0.717, 1.165) is 19.3 Å². The van der Waals surface area contributed by atoms with Crippen molar-refractivity contribution >= 4 is 17.9 Å². The van der Waals surface area contributed by atoms with Gasteiger partial charge in [-0.15, -0.1) is 0 Å². The van der Waals surface area contributed by atoms with Crippen LogP contribution in [-0.2, 0) is 14.3 Å². The molecule has 3 fully saturated rings. The minimum atomic E-state index is -1.01. The summed E-state index contributed by atoms with van der Waals surface area (Å²) in [6, 6.07) is -1.01. The van der Waals surface area contributed by atoms with E-state index < -0.39 is 29.4 Å². The molecule has 0 saturated carbocycles. The second kappa shape index (κ2) is 8.94. The van der Waals surface area contributed by atoms with Crippen LogP contribution in [-0.4, -0.2) is 99.8 Å². The molecule has 3 rings (SSSR count). The lowest BCUT2D eigenvalue weighted by atomic mass is 9.94. The van der Waals surface area contributed by atoms with Crippen LogP contribution < -0.4 is 5.32 Å². The van der Waals surface area contributed by atoms with Crippen LogP contribution in [0.1, 0.15) is 60.3 Å². The van der Waals surface area contributed by atoms with Crippen molar-refractivity contribution < 1.29 is 24.2 Å². The fourth-order valence-corrected chi connectivity index (χ4v) is 5.15. The molecule has 1 spiro atoms. The van der Waals surface area contributed by atoms with Gasteiger partial charge >= 0.3 is 6.09 Å². The smallest absolute Gasteiger partial charge is 0.411 e. The Morgan fingerprint density at radius 1 is 1.26 bits per heavy atom. The van der Waals surface area contributed by atoms with Gasteiger partial charge in [-0.1, -0.05) is 0 Å². The number of hydrogen-bond acceptors (Lipinski definition) is 6. The Labute approximate surface area is 185 Å². The Balaban J connectivity index is 1.92. The summed E-state index contributed by atoms with van der Waals surface area (Å²) in [6.07, 6.45) is 1.91. The third kappa shape index (κ3) is 4.98. The van der Waals surface area contributed by atoms with Crippen LogP contribution in [0.4, 0.5) is 4.79 Å². The van der Waals surface area contributed by atoms with Gasteiger partial charge in [-0.2, -0.15) is 0 Å². The first-order valence-corrected chi connectivity index (χ1v) is 11.4. The van der Waals surface area contributed by atoms with E-state index >= 15 is 0 Å². The summed E-state index contributed by atoms with van der Waals surface area (Å²) in [5, 5.41) is 13.7. The molecule has 176 valence electrons. The molecular weight excluding hydrogens is 400 g/mol. The highest BCUT2D eigenvalue weighted by Crippen LogP contribution is 2.37. The number of nitrogens with zero attached hydrogens (tertiary/aromatic N) is 3. The molecule has 0 aromatic rings. The molecule has 3 saturated heterocycles. The van der Waals surface area contributed by atoms with Crippen molar-refractivity contribution in [3.05, 3.63) is 0 Å². The molecule has 3 aliphatic rings. The number of likely N-dealkylation sites (tertiary alicyclic amines) is 2. The molecule has 0 bridgehead atoms. The summed E-state index contributed by atoms with van der Waals surface area (Å²) < 4.78 is 5.69. The van der Waals surface area contributed by atoms with Crippen molar-refractivity contribution in [1.29, 1.82) is 0 Å². The third-order valence-electron chi connectivity index (χ3n) is 6.55. The average Bonchev–Trinajstić information content (AvgIpc) is 3.24. The van der Waals surface area contributed by atoms with E-state index in [1.165, 1.54) is 4.90 Å². The van der Waals surface area contributed by atoms with E-state index in [-0.39, 0.29) is 30.9 Å². The maximum absolute atomic E-state index is 13.3. The minimum absolute atomic E-state index is 0.0500. The van der Waals surface area contributed by atoms with Crippen molar-refractivity contribution in [2.75, 3.05) is 32.7 Å². The second-order valence-electron chi connectivity index (χ2n) is 10.3. The predicted molar refractivity (Wildman–Crippen MR) is 115 cm³/mol. The zero-order valence-corrected chi connectivity index (χ0v) is 19.5. The Morgan fingerprint density at radius 3 is 2.48 bits per heavy atom. The summed E-state index contributed by atoms with van der Waals surface area (Å²) in [7, 11) is 0. The fraction of sp³-hybridized carbons (Fsp3) is 0.864. The van der Waals surface area contributed by atoms with Crippen LogP contribution in [0.25, 0.3) is 0 Å². The van der Waals surface area contributed by atoms with E-state index in [0.29, 0.717) is 26.1 Å². The summed E-state index contributed by atoms with van der Waals surface area (Å²) in [5.41, 5.74) is -1.32. The lowest BCUT2D eigenvalue weighted by molar-refractivity contribution is -0.150. The first kappa shape index (κ1) is 23.8. The van der Waals surface area contributed by atoms with Gasteiger partial charge in [0.1, 0.15) is 11.6 Å². The van der Waals surface area contributed by atoms with Gasteiger partial charge in [0.2, 0.25) is 11.8 Å². The lowest BCUT2D eigenvalue weighted by Crippen LogP contribution is -2.63. The van der Waals surface area contributed by atoms with E-state index in [1.807, 2.05) is 27.7 Å². The zero-order chi connectivity index (χ0) is 23.0. The van der Waals surface area contributed by atoms with Crippen molar-refractivity contribution in [3.63, 3.8) is 0 Å². The predicted octanol–water partition coefficient (Wildman–Crippen LogP) is 0.948. The summed E-state index contributed by atoms with van der Waals surface area (Å²) >= 11 is 0. The highest BCUT2D eigenvalue weighted by molar-refractivity contribution is 5.89. The zero-order valence-electron chi connectivity index (χ0n) is 19.5. The molecular formula is C22H38N4O5. The SMILES string of the molecule is CC1CCC2(CNCC(=O)N([C@H](C(=O)N3CCCC3)[C@@H](C)O)C2)N1C(=O)OC(C)(C)C. The Kier molecular flexibility index (Phi) is 6.86. The van der Waals surface area contributed by atoms with Gasteiger partial charge in [-0.05, 0) is 60.3 Å². The number of ether oxygens (including phenoxy) is 1. The molecule has 9 nitrogen and oxygen atoms in total. The summed E-state index contributed by atoms with van der Waals surface area (Å²) in [5.74, 6) is -0.452. The molecule has 4 atom stereocenters. The van der Waals surface area contributed by atoms with Gasteiger partial charge in [0.25, 0.3) is 0 Å². The molecule has 3 aliphatic heterocycles. The number of amides is 3. The normalized spacial score (nSPS) is 29.3. The minimum Gasteiger partial charge on any atom is -0.444 e. The van der Waals surface area contributed by atoms with Gasteiger partial charge in [0, 0.05) is 32.2 Å². The van der Waals surface area contributed by atoms with E-state index in [4.69, 9.17) is 4.74 Å². The molecule has 0 aliphatic carbocycles. The van der Waals surface area contributed by atoms with Gasteiger partial charge in [0.15, 0.2) is 0 Å². The third-order valence-corrected chi connectivity index (χ3v) is 6.55. The van der Waals surface area contributed by atoms with Gasteiger partial charge in [0.05, 0.1) is 18.2 Å². The van der Waals surface area contributed by atoms with Crippen LogP contribution in [0.3, 0.4) is 0 Å². The van der Waals surface area contributed by atoms with E-state index in [1.54, 1.807) is 16.7 Å². The summed E-state index contributed by atoms with van der Waals surface area (Å²) in [6.45, 7) is 11.0. The Hall–Kier alpha value is -1.87. The Morgan fingerprint density at radius 2 is 1.90 bits per heavy atom. The quantitative estimate of drug-likeness (QED) is 0.680. The molecule has 2 N–H and O–H groups in total. The maximum Gasteiger partial charge on any atom is 0.411 e. The molecule has 0 aromatic heterocycles. The van der Waals surface area contributed by atoms with Crippen LogP contribution in [0.5, 0.6) is 0 Å². The number of nitrogens with one attached hydrogen (secondary N) is 1. The van der Waals surface area contributed by atoms with Crippen LogP contribution >= 0.6 is 0 Å². The number of carbonyl (C=O) groups excluding carboxylic acids is 3. The molecule has 0 aromatic carbocycles. The molecule has 0 radical (unpaired) electrons. The maximum atomic E-state index is 13.3. The van der Waals surface area contributed by atoms with Crippen molar-refractivity contribution in [2.45, 2.75) is 89.6 Å². The lowest BCUT2D eigenvalue weighted by Gasteiger charge is -2.44. The van der Waals surface area contributed by atoms with Gasteiger partial charge in [-0.25, -0.2) is 4.79 Å². The van der Waals surface area contributed by atoms with E-state index in [9.17, 15) is 19.5 Å². The van der Waals surface area contributed by atoms with Crippen molar-refractivity contribution in [2.24, 2.45) is 0 Å². The van der Waals surface area contributed by atoms with Crippen LogP contribution in [0.15, 0.2) is 0 Å². The van der Waals surface area contributed by atoms with Crippen LogP contribution in [0.2, 0.25) is 0 Å². The van der Waals surface area contributed by atoms with Gasteiger partial charge < -0.3 is 25.0 Å². The molecule has 3 amide bonds. The number of carbonyl (C=O) groups is 3.